The van der Waals surface area contributed by atoms with Crippen LogP contribution >= 0.6 is 0 Å². The number of carbonyl (C=O) groups excluding carboxylic acids is 1. The summed E-state index contributed by atoms with van der Waals surface area (Å²) in [5, 5.41) is 3.03. The highest BCUT2D eigenvalue weighted by Gasteiger charge is 2.32. The van der Waals surface area contributed by atoms with Crippen LogP contribution in [0.25, 0.3) is 27.9 Å². The zero-order valence-corrected chi connectivity index (χ0v) is 28.0. The van der Waals surface area contributed by atoms with E-state index in [1.165, 1.54) is 6.26 Å². The lowest BCUT2D eigenvalue weighted by molar-refractivity contribution is 0.0505. The third kappa shape index (κ3) is 7.30. The van der Waals surface area contributed by atoms with Crippen LogP contribution < -0.4 is 5.32 Å². The highest BCUT2D eigenvalue weighted by atomic mass is 32.2. The van der Waals surface area contributed by atoms with Gasteiger partial charge in [-0.3, -0.25) is 4.40 Å². The van der Waals surface area contributed by atoms with Gasteiger partial charge >= 0.3 is 6.09 Å². The molecular weight excluding hydrogens is 583 g/mol. The standard InChI is InChI=1S/C31H43N5O5SSi/c1-31(2,3)41-30(37)34-23-12-11-22(15-23)28-32-18-24-19-33-29-27(36(24)28)17-26(35(29)20-40-13-14-43(5,6)7)21-9-8-10-25(16-21)42(4,38)39/h8-10,16-19,22-23H,11-15,20H2,1-7H3,(H,34,37)/t22-,23+/m0/s1. The molecule has 1 saturated carbocycles. The van der Waals surface area contributed by atoms with E-state index < -0.39 is 29.6 Å². The molecule has 0 bridgehead atoms. The fourth-order valence-electron chi connectivity index (χ4n) is 5.59. The highest BCUT2D eigenvalue weighted by Crippen LogP contribution is 2.37. The van der Waals surface area contributed by atoms with Crippen LogP contribution in [0.4, 0.5) is 4.79 Å². The molecule has 12 heteroatoms. The fraction of sp³-hybridized carbons (Fsp3) is 0.516. The first-order chi connectivity index (χ1) is 20.1. The quantitative estimate of drug-likeness (QED) is 0.173. The van der Waals surface area contributed by atoms with E-state index in [4.69, 9.17) is 19.4 Å². The lowest BCUT2D eigenvalue weighted by Crippen LogP contribution is -2.37. The Morgan fingerprint density at radius 1 is 1.12 bits per heavy atom. The number of carbonyl (C=O) groups is 1. The lowest BCUT2D eigenvalue weighted by Gasteiger charge is -2.21. The van der Waals surface area contributed by atoms with E-state index in [1.54, 1.807) is 18.2 Å². The first-order valence-electron chi connectivity index (χ1n) is 14.8. The van der Waals surface area contributed by atoms with Crippen molar-refractivity contribution < 1.29 is 22.7 Å². The van der Waals surface area contributed by atoms with Crippen LogP contribution in [0.2, 0.25) is 25.7 Å². The summed E-state index contributed by atoms with van der Waals surface area (Å²) >= 11 is 0. The third-order valence-corrected chi connectivity index (χ3v) is 10.5. The molecule has 43 heavy (non-hydrogen) atoms. The van der Waals surface area contributed by atoms with Crippen molar-refractivity contribution in [2.45, 2.75) is 94.9 Å². The highest BCUT2D eigenvalue weighted by molar-refractivity contribution is 7.90. The maximum absolute atomic E-state index is 12.4. The maximum atomic E-state index is 12.4. The van der Waals surface area contributed by atoms with Gasteiger partial charge in [0.25, 0.3) is 0 Å². The molecule has 0 unspecified atom stereocenters. The van der Waals surface area contributed by atoms with Crippen LogP contribution in [0, 0.1) is 0 Å². The number of amides is 1. The van der Waals surface area contributed by atoms with Crippen molar-refractivity contribution in [1.29, 1.82) is 0 Å². The minimum absolute atomic E-state index is 0.00295. The summed E-state index contributed by atoms with van der Waals surface area (Å²) in [4.78, 5) is 22.3. The molecule has 4 aromatic rings. The largest absolute Gasteiger partial charge is 0.444 e. The zero-order chi connectivity index (χ0) is 31.2. The molecule has 10 nitrogen and oxygen atoms in total. The average Bonchev–Trinajstić information content (AvgIpc) is 3.61. The lowest BCUT2D eigenvalue weighted by atomic mass is 10.1. The van der Waals surface area contributed by atoms with Gasteiger partial charge < -0.3 is 19.4 Å². The van der Waals surface area contributed by atoms with Crippen molar-refractivity contribution in [3.05, 3.63) is 48.5 Å². The van der Waals surface area contributed by atoms with E-state index in [9.17, 15) is 13.2 Å². The number of nitrogens with zero attached hydrogens (tertiary/aromatic N) is 4. The normalized spacial score (nSPS) is 18.0. The van der Waals surface area contributed by atoms with Crippen molar-refractivity contribution in [1.82, 2.24) is 24.3 Å². The Morgan fingerprint density at radius 2 is 1.86 bits per heavy atom. The van der Waals surface area contributed by atoms with Gasteiger partial charge in [-0.15, -0.1) is 0 Å². The van der Waals surface area contributed by atoms with Gasteiger partial charge in [0.1, 0.15) is 18.2 Å². The summed E-state index contributed by atoms with van der Waals surface area (Å²) in [5.74, 6) is 1.06. The first kappa shape index (κ1) is 31.2. The van der Waals surface area contributed by atoms with Crippen LogP contribution in [0.5, 0.6) is 0 Å². The van der Waals surface area contributed by atoms with Gasteiger partial charge in [-0.25, -0.2) is 23.2 Å². The van der Waals surface area contributed by atoms with Crippen molar-refractivity contribution in [2.24, 2.45) is 0 Å². The number of sulfone groups is 1. The summed E-state index contributed by atoms with van der Waals surface area (Å²) in [6.45, 7) is 13.5. The molecule has 1 aliphatic carbocycles. The van der Waals surface area contributed by atoms with Crippen molar-refractivity contribution in [3.8, 4) is 11.3 Å². The number of benzene rings is 1. The molecule has 1 amide bonds. The third-order valence-electron chi connectivity index (χ3n) is 7.72. The molecule has 1 fully saturated rings. The van der Waals surface area contributed by atoms with Gasteiger partial charge in [-0.05, 0) is 69.8 Å². The Balaban J connectivity index is 1.53. The summed E-state index contributed by atoms with van der Waals surface area (Å²) in [7, 11) is -4.67. The minimum atomic E-state index is -3.39. The summed E-state index contributed by atoms with van der Waals surface area (Å²) in [6.07, 6.45) is 6.95. The first-order valence-corrected chi connectivity index (χ1v) is 20.4. The summed E-state index contributed by atoms with van der Waals surface area (Å²) in [5.41, 5.74) is 3.53. The van der Waals surface area contributed by atoms with E-state index >= 15 is 0 Å². The number of fused-ring (bicyclic) bond motifs is 3. The number of nitrogens with one attached hydrogen (secondary N) is 1. The van der Waals surface area contributed by atoms with Crippen LogP contribution in [-0.4, -0.2) is 66.0 Å². The molecule has 5 rings (SSSR count). The van der Waals surface area contributed by atoms with Crippen molar-refractivity contribution >= 4 is 40.7 Å². The smallest absolute Gasteiger partial charge is 0.407 e. The molecule has 3 aromatic heterocycles. The molecule has 1 aliphatic rings. The van der Waals surface area contributed by atoms with Crippen LogP contribution in [0.1, 0.15) is 51.8 Å². The predicted octanol–water partition coefficient (Wildman–Crippen LogP) is 6.23. The van der Waals surface area contributed by atoms with E-state index in [1.807, 2.05) is 43.8 Å². The van der Waals surface area contributed by atoms with Gasteiger partial charge in [0.2, 0.25) is 0 Å². The molecule has 1 N–H and O–H groups in total. The molecule has 2 atom stereocenters. The molecule has 0 spiro atoms. The summed E-state index contributed by atoms with van der Waals surface area (Å²) in [6, 6.07) is 10.1. The molecule has 1 aromatic carbocycles. The second kappa shape index (κ2) is 11.7. The number of aromatic nitrogens is 4. The van der Waals surface area contributed by atoms with Crippen LogP contribution in [-0.2, 0) is 26.0 Å². The second-order valence-electron chi connectivity index (χ2n) is 13.8. The van der Waals surface area contributed by atoms with E-state index in [2.05, 4.69) is 35.4 Å². The van der Waals surface area contributed by atoms with Crippen LogP contribution in [0.15, 0.2) is 47.6 Å². The van der Waals surface area contributed by atoms with E-state index in [0.717, 1.165) is 59.1 Å². The van der Waals surface area contributed by atoms with Crippen LogP contribution in [0.3, 0.4) is 0 Å². The van der Waals surface area contributed by atoms with Gasteiger partial charge in [0, 0.05) is 32.9 Å². The van der Waals surface area contributed by atoms with E-state index in [-0.39, 0.29) is 16.9 Å². The van der Waals surface area contributed by atoms with Gasteiger partial charge in [-0.1, -0.05) is 31.8 Å². The molecule has 0 saturated heterocycles. The average molecular weight is 626 g/mol. The Labute approximate surface area is 254 Å². The second-order valence-corrected chi connectivity index (χ2v) is 21.4. The Bertz CT molecular complexity index is 1750. The van der Waals surface area contributed by atoms with Gasteiger partial charge in [0.05, 0.1) is 34.0 Å². The SMILES string of the molecule is CC(C)(C)OC(=O)N[C@@H]1CC[C@H](c2ncc3cnc4c(cc(-c5cccc(S(C)(=O)=O)c5)n4COCC[Si](C)(C)C)n23)C1. The van der Waals surface area contributed by atoms with Crippen molar-refractivity contribution in [2.75, 3.05) is 12.9 Å². The fourth-order valence-corrected chi connectivity index (χ4v) is 7.01. The van der Waals surface area contributed by atoms with Gasteiger partial charge in [-0.2, -0.15) is 0 Å². The molecular formula is C31H43N5O5SSi. The Hall–Kier alpha value is -3.22. The predicted molar refractivity (Wildman–Crippen MR) is 171 cm³/mol. The minimum Gasteiger partial charge on any atom is -0.444 e. The molecule has 3 heterocycles. The maximum Gasteiger partial charge on any atom is 0.407 e. The molecule has 232 valence electrons. The Morgan fingerprint density at radius 3 is 2.56 bits per heavy atom. The number of rotatable bonds is 9. The van der Waals surface area contributed by atoms with E-state index in [0.29, 0.717) is 13.3 Å². The molecule has 0 radical (unpaired) electrons. The number of hydrogen-bond acceptors (Lipinski definition) is 7. The Kier molecular flexibility index (Phi) is 8.49. The molecule has 0 aliphatic heterocycles. The zero-order valence-electron chi connectivity index (χ0n) is 26.2. The number of hydrogen-bond donors (Lipinski definition) is 1. The van der Waals surface area contributed by atoms with Gasteiger partial charge in [0.15, 0.2) is 15.5 Å². The number of ether oxygens (including phenoxy) is 2. The van der Waals surface area contributed by atoms with Crippen molar-refractivity contribution in [3.63, 3.8) is 0 Å². The monoisotopic (exact) mass is 625 g/mol. The summed E-state index contributed by atoms with van der Waals surface area (Å²) < 4.78 is 40.6. The topological polar surface area (TPSA) is 117 Å². The number of imidazole rings is 1. The number of alkyl carbamates (subject to hydrolysis) is 1.